The molecule has 0 N–H and O–H groups in total. The normalized spacial score (nSPS) is 11.8. The van der Waals surface area contributed by atoms with Gasteiger partial charge in [0.05, 0.1) is 20.8 Å². The van der Waals surface area contributed by atoms with Crippen molar-refractivity contribution >= 4 is 31.3 Å². The molecule has 8 nitrogen and oxygen atoms in total. The second-order valence-electron chi connectivity index (χ2n) is 11.0. The zero-order valence-corrected chi connectivity index (χ0v) is 31.9. The summed E-state index contributed by atoms with van der Waals surface area (Å²) < 4.78 is 71.3. The van der Waals surface area contributed by atoms with Gasteiger partial charge in [0.15, 0.2) is 0 Å². The van der Waals surface area contributed by atoms with E-state index in [9.17, 15) is 25.9 Å². The molecule has 2 aromatic carbocycles. The summed E-state index contributed by atoms with van der Waals surface area (Å²) in [4.78, 5) is 4.02. The first-order valence-electron chi connectivity index (χ1n) is 15.1. The van der Waals surface area contributed by atoms with Crippen molar-refractivity contribution in [3.63, 3.8) is 0 Å². The van der Waals surface area contributed by atoms with Crippen molar-refractivity contribution in [3.05, 3.63) is 53.9 Å². The Morgan fingerprint density at radius 2 is 1.14 bits per heavy atom. The second kappa shape index (κ2) is 20.8. The predicted molar refractivity (Wildman–Crippen MR) is 160 cm³/mol. The fraction of sp³-hybridized carbons (Fsp3) is 0.581. The number of unbranched alkanes of at least 4 members (excludes halogenated alkanes) is 14. The van der Waals surface area contributed by atoms with Gasteiger partial charge in [-0.25, -0.2) is 21.8 Å². The predicted octanol–water partition coefficient (Wildman–Crippen LogP) is 1.31. The van der Waals surface area contributed by atoms with Crippen LogP contribution in [0.1, 0.15) is 115 Å². The molecule has 0 saturated heterocycles. The van der Waals surface area contributed by atoms with Crippen molar-refractivity contribution in [1.29, 1.82) is 0 Å². The van der Waals surface area contributed by atoms with E-state index in [-0.39, 0.29) is 75.5 Å². The molecule has 43 heavy (non-hydrogen) atoms. The van der Waals surface area contributed by atoms with Gasteiger partial charge in [0.25, 0.3) is 0 Å². The Kier molecular flexibility index (Phi) is 19.7. The quantitative estimate of drug-likeness (QED) is 0.102. The van der Waals surface area contributed by atoms with Crippen LogP contribution in [0.2, 0.25) is 0 Å². The van der Waals surface area contributed by atoms with Crippen LogP contribution in [-0.2, 0) is 33.2 Å². The molecule has 1 heterocycles. The number of nitrogens with zero attached hydrogens (tertiary/aromatic N) is 2. The molecule has 0 saturated carbocycles. The van der Waals surface area contributed by atoms with Crippen molar-refractivity contribution < 1.29 is 85.1 Å². The monoisotopic (exact) mass is 650 g/mol. The molecule has 0 fully saturated rings. The zero-order valence-electron chi connectivity index (χ0n) is 26.2. The number of benzene rings is 2. The van der Waals surface area contributed by atoms with Gasteiger partial charge in [0.1, 0.15) is 26.1 Å². The molecule has 0 amide bonds. The van der Waals surface area contributed by atoms with E-state index in [1.165, 1.54) is 113 Å². The smallest absolute Gasteiger partial charge is 0.744 e. The Labute approximate surface area is 302 Å². The average molecular weight is 651 g/mol. The number of imidazole rings is 1. The summed E-state index contributed by atoms with van der Waals surface area (Å²) in [6, 6.07) is 9.85. The zero-order chi connectivity index (χ0) is 29.7. The molecule has 0 spiro atoms. The van der Waals surface area contributed by atoms with Gasteiger partial charge in [0, 0.05) is 13.0 Å². The number of rotatable bonds is 20. The molecule has 3 rings (SSSR count). The van der Waals surface area contributed by atoms with E-state index >= 15 is 0 Å². The number of fused-ring (bicyclic) bond motifs is 1. The van der Waals surface area contributed by atoms with Crippen LogP contribution in [-0.4, -0.2) is 35.5 Å². The number of hydrogen-bond acceptors (Lipinski definition) is 7. The Balaban J connectivity index is 0.00000462. The van der Waals surface area contributed by atoms with Gasteiger partial charge in [0.2, 0.25) is 0 Å². The van der Waals surface area contributed by atoms with Crippen LogP contribution < -0.4 is 59.1 Å². The molecule has 12 heteroatoms. The van der Waals surface area contributed by atoms with Gasteiger partial charge < -0.3 is 13.7 Å². The number of aromatic nitrogens is 2. The Morgan fingerprint density at radius 3 is 1.65 bits per heavy atom. The van der Waals surface area contributed by atoms with E-state index in [4.69, 9.17) is 4.98 Å². The maximum absolute atomic E-state index is 11.7. The minimum Gasteiger partial charge on any atom is -0.744 e. The van der Waals surface area contributed by atoms with Gasteiger partial charge in [-0.3, -0.25) is 0 Å². The summed E-state index contributed by atoms with van der Waals surface area (Å²) in [7, 11) is -9.27. The van der Waals surface area contributed by atoms with Crippen molar-refractivity contribution in [1.82, 2.24) is 9.55 Å². The van der Waals surface area contributed by atoms with Crippen molar-refractivity contribution in [3.8, 4) is 0 Å². The Morgan fingerprint density at radius 1 is 0.651 bits per heavy atom. The van der Waals surface area contributed by atoms with Gasteiger partial charge in [-0.1, -0.05) is 109 Å². The molecule has 0 unspecified atom stereocenters. The molecule has 3 aromatic rings. The van der Waals surface area contributed by atoms with Crippen LogP contribution >= 0.6 is 0 Å². The first kappa shape index (κ1) is 40.8. The van der Waals surface area contributed by atoms with E-state index in [2.05, 4.69) is 6.92 Å². The van der Waals surface area contributed by atoms with Crippen molar-refractivity contribution in [2.24, 2.45) is 0 Å². The summed E-state index contributed by atoms with van der Waals surface area (Å²) in [6.45, 7) is 2.44. The van der Waals surface area contributed by atoms with Gasteiger partial charge in [-0.15, -0.1) is 0 Å². The molecule has 0 aliphatic rings. The van der Waals surface area contributed by atoms with Crippen LogP contribution in [0.15, 0.2) is 52.3 Å². The molecule has 228 valence electrons. The van der Waals surface area contributed by atoms with Gasteiger partial charge in [-0.05, 0) is 42.3 Å². The fourth-order valence-corrected chi connectivity index (χ4v) is 6.34. The van der Waals surface area contributed by atoms with E-state index in [1.54, 1.807) is 6.07 Å². The second-order valence-corrected chi connectivity index (χ2v) is 13.8. The fourth-order valence-electron chi connectivity index (χ4n) is 5.31. The largest absolute Gasteiger partial charge is 1.00 e. The first-order chi connectivity index (χ1) is 19.6. The third-order valence-corrected chi connectivity index (χ3v) is 9.28. The molecule has 0 radical (unpaired) electrons. The Hall–Kier alpha value is -0.270. The molecule has 0 atom stereocenters. The third-order valence-electron chi connectivity index (χ3n) is 7.62. The van der Waals surface area contributed by atoms with E-state index in [1.807, 2.05) is 4.57 Å². The van der Waals surface area contributed by atoms with E-state index in [0.717, 1.165) is 25.1 Å². The maximum Gasteiger partial charge on any atom is 1.00 e. The van der Waals surface area contributed by atoms with E-state index < -0.39 is 20.2 Å². The molecule has 0 bridgehead atoms. The van der Waals surface area contributed by atoms with Crippen LogP contribution in [0.25, 0.3) is 11.0 Å². The van der Waals surface area contributed by atoms with E-state index in [0.29, 0.717) is 23.0 Å². The average Bonchev–Trinajstić information content (AvgIpc) is 3.26. The number of hydrogen-bond donors (Lipinski definition) is 0. The molecule has 1 aromatic heterocycles. The summed E-state index contributed by atoms with van der Waals surface area (Å²) in [5.74, 6) is 0.727. The Bertz CT molecular complexity index is 1460. The minimum absolute atomic E-state index is 0. The van der Waals surface area contributed by atoms with Crippen LogP contribution in [0.5, 0.6) is 0 Å². The topological polar surface area (TPSA) is 132 Å². The number of aryl methyl sites for hydroxylation is 1. The van der Waals surface area contributed by atoms with Gasteiger partial charge in [-0.2, -0.15) is 0 Å². The minimum atomic E-state index is -4.66. The summed E-state index contributed by atoms with van der Waals surface area (Å²) >= 11 is 0. The molecular formula is C31H44N2Na2O6S2. The summed E-state index contributed by atoms with van der Waals surface area (Å²) in [5, 5.41) is 0. The van der Waals surface area contributed by atoms with Crippen molar-refractivity contribution in [2.45, 2.75) is 126 Å². The van der Waals surface area contributed by atoms with Crippen LogP contribution in [0.4, 0.5) is 0 Å². The molecular weight excluding hydrogens is 606 g/mol. The SMILES string of the molecule is CCCCCCCCCCCCCCCCCc1nc2ccc(S(=O)(=O)[O-])cc2n1Cc1cccc(S(=O)(=O)[O-])c1.[Na+].[Na+]. The summed E-state index contributed by atoms with van der Waals surface area (Å²) in [5.41, 5.74) is 1.60. The third kappa shape index (κ3) is 14.4. The summed E-state index contributed by atoms with van der Waals surface area (Å²) in [6.07, 6.45) is 19.7. The van der Waals surface area contributed by atoms with Gasteiger partial charge >= 0.3 is 59.1 Å². The molecule has 0 aliphatic heterocycles. The van der Waals surface area contributed by atoms with Crippen LogP contribution in [0, 0.1) is 0 Å². The van der Waals surface area contributed by atoms with Crippen molar-refractivity contribution in [2.75, 3.05) is 0 Å². The maximum atomic E-state index is 11.7. The standard InChI is InChI=1S/C31H46N2O6S2.2Na/c1-2-3-4-5-6-7-8-9-10-11-12-13-14-15-16-20-31-32-29-22-21-28(41(37,38)39)24-30(29)33(31)25-26-18-17-19-27(23-26)40(34,35)36;;/h17-19,21-24H,2-16,20,25H2,1H3,(H,34,35,36)(H,37,38,39);;/q;2*+1/p-2. The first-order valence-corrected chi connectivity index (χ1v) is 17.9. The van der Waals surface area contributed by atoms with Crippen LogP contribution in [0.3, 0.4) is 0 Å². The molecule has 0 aliphatic carbocycles.